The SMILES string of the molecule is CCCCc1nnc2n1[C@H](C)C(=O)N(CCc1ccccc1)C2. The van der Waals surface area contributed by atoms with E-state index in [1.165, 1.54) is 5.56 Å². The van der Waals surface area contributed by atoms with Crippen molar-refractivity contribution in [2.24, 2.45) is 0 Å². The lowest BCUT2D eigenvalue weighted by atomic mass is 10.1. The van der Waals surface area contributed by atoms with Crippen molar-refractivity contribution in [3.05, 3.63) is 47.5 Å². The second-order valence-corrected chi connectivity index (χ2v) is 6.18. The van der Waals surface area contributed by atoms with Crippen molar-refractivity contribution in [3.8, 4) is 0 Å². The first kappa shape index (κ1) is 15.7. The second kappa shape index (κ2) is 6.94. The maximum absolute atomic E-state index is 12.7. The van der Waals surface area contributed by atoms with Gasteiger partial charge >= 0.3 is 0 Å². The van der Waals surface area contributed by atoms with Crippen LogP contribution in [0.15, 0.2) is 30.3 Å². The zero-order valence-electron chi connectivity index (χ0n) is 13.9. The number of nitrogens with zero attached hydrogens (tertiary/aromatic N) is 4. The van der Waals surface area contributed by atoms with E-state index in [0.717, 1.165) is 43.9 Å². The van der Waals surface area contributed by atoms with E-state index < -0.39 is 0 Å². The van der Waals surface area contributed by atoms with Crippen molar-refractivity contribution in [3.63, 3.8) is 0 Å². The minimum atomic E-state index is -0.198. The molecule has 1 atom stereocenters. The summed E-state index contributed by atoms with van der Waals surface area (Å²) in [6, 6.07) is 10.1. The maximum Gasteiger partial charge on any atom is 0.245 e. The van der Waals surface area contributed by atoms with Gasteiger partial charge in [-0.1, -0.05) is 43.7 Å². The number of hydrogen-bond donors (Lipinski definition) is 0. The summed E-state index contributed by atoms with van der Waals surface area (Å²) in [4.78, 5) is 14.6. The van der Waals surface area contributed by atoms with Crippen LogP contribution in [0.5, 0.6) is 0 Å². The predicted molar refractivity (Wildman–Crippen MR) is 88.9 cm³/mol. The van der Waals surface area contributed by atoms with Crippen LogP contribution in [0, 0.1) is 0 Å². The fourth-order valence-electron chi connectivity index (χ4n) is 3.14. The van der Waals surface area contributed by atoms with Crippen LogP contribution in [0.3, 0.4) is 0 Å². The fraction of sp³-hybridized carbons (Fsp3) is 0.500. The molecule has 2 heterocycles. The summed E-state index contributed by atoms with van der Waals surface area (Å²) in [6.45, 7) is 5.41. The van der Waals surface area contributed by atoms with Crippen LogP contribution in [-0.4, -0.2) is 32.1 Å². The van der Waals surface area contributed by atoms with E-state index in [4.69, 9.17) is 0 Å². The van der Waals surface area contributed by atoms with E-state index in [-0.39, 0.29) is 11.9 Å². The van der Waals surface area contributed by atoms with Gasteiger partial charge in [-0.15, -0.1) is 10.2 Å². The third-order valence-corrected chi connectivity index (χ3v) is 4.49. The van der Waals surface area contributed by atoms with Crippen molar-refractivity contribution in [1.82, 2.24) is 19.7 Å². The van der Waals surface area contributed by atoms with E-state index in [2.05, 4.69) is 29.3 Å². The Labute approximate surface area is 137 Å². The first-order chi connectivity index (χ1) is 11.2. The Morgan fingerprint density at radius 1 is 1.17 bits per heavy atom. The molecule has 0 radical (unpaired) electrons. The Balaban J connectivity index is 1.71. The summed E-state index contributed by atoms with van der Waals surface area (Å²) in [7, 11) is 0. The van der Waals surface area contributed by atoms with Gasteiger partial charge in [0.1, 0.15) is 11.9 Å². The molecular formula is C18H24N4O. The summed E-state index contributed by atoms with van der Waals surface area (Å²) in [5.41, 5.74) is 1.25. The highest BCUT2D eigenvalue weighted by Crippen LogP contribution is 2.23. The first-order valence-corrected chi connectivity index (χ1v) is 8.46. The lowest BCUT2D eigenvalue weighted by Gasteiger charge is -2.32. The topological polar surface area (TPSA) is 51.0 Å². The third kappa shape index (κ3) is 3.28. The molecular weight excluding hydrogens is 288 g/mol. The normalized spacial score (nSPS) is 17.4. The van der Waals surface area contributed by atoms with Crippen molar-refractivity contribution >= 4 is 5.91 Å². The van der Waals surface area contributed by atoms with Crippen LogP contribution in [0.2, 0.25) is 0 Å². The molecule has 1 amide bonds. The fourth-order valence-corrected chi connectivity index (χ4v) is 3.14. The molecule has 1 aliphatic rings. The average molecular weight is 312 g/mol. The van der Waals surface area contributed by atoms with Crippen molar-refractivity contribution in [1.29, 1.82) is 0 Å². The molecule has 1 aromatic heterocycles. The molecule has 3 rings (SSSR count). The van der Waals surface area contributed by atoms with Crippen LogP contribution in [0.4, 0.5) is 0 Å². The summed E-state index contributed by atoms with van der Waals surface area (Å²) in [5.74, 6) is 2.03. The molecule has 0 spiro atoms. The van der Waals surface area contributed by atoms with Gasteiger partial charge in [0.05, 0.1) is 6.54 Å². The zero-order chi connectivity index (χ0) is 16.2. The number of carbonyl (C=O) groups excluding carboxylic acids is 1. The van der Waals surface area contributed by atoms with Gasteiger partial charge in [-0.2, -0.15) is 0 Å². The standard InChI is InChI=1S/C18H24N4O/c1-3-4-10-16-19-20-17-13-21(18(23)14(2)22(16)17)12-11-15-8-6-5-7-9-15/h5-9,14H,3-4,10-13H2,1-2H3/t14-/m1/s1. The number of rotatable bonds is 6. The van der Waals surface area contributed by atoms with Crippen molar-refractivity contribution in [2.75, 3.05) is 6.54 Å². The second-order valence-electron chi connectivity index (χ2n) is 6.18. The molecule has 5 heteroatoms. The molecule has 1 aromatic carbocycles. The van der Waals surface area contributed by atoms with E-state index >= 15 is 0 Å². The quantitative estimate of drug-likeness (QED) is 0.824. The minimum absolute atomic E-state index is 0.172. The molecule has 0 saturated heterocycles. The molecule has 23 heavy (non-hydrogen) atoms. The molecule has 0 saturated carbocycles. The van der Waals surface area contributed by atoms with Gasteiger partial charge < -0.3 is 9.47 Å². The smallest absolute Gasteiger partial charge is 0.245 e. The lowest BCUT2D eigenvalue weighted by molar-refractivity contribution is -0.137. The zero-order valence-corrected chi connectivity index (χ0v) is 13.9. The van der Waals surface area contributed by atoms with Crippen LogP contribution < -0.4 is 0 Å². The van der Waals surface area contributed by atoms with Crippen molar-refractivity contribution in [2.45, 2.75) is 52.1 Å². The highest BCUT2D eigenvalue weighted by atomic mass is 16.2. The summed E-state index contributed by atoms with van der Waals surface area (Å²) < 4.78 is 2.04. The monoisotopic (exact) mass is 312 g/mol. The summed E-state index contributed by atoms with van der Waals surface area (Å²) in [5, 5.41) is 8.63. The maximum atomic E-state index is 12.7. The Morgan fingerprint density at radius 2 is 1.96 bits per heavy atom. The molecule has 122 valence electrons. The first-order valence-electron chi connectivity index (χ1n) is 8.46. The van der Waals surface area contributed by atoms with Crippen LogP contribution in [0.1, 0.15) is 49.9 Å². The van der Waals surface area contributed by atoms with Gasteiger partial charge in [-0.3, -0.25) is 4.79 Å². The number of hydrogen-bond acceptors (Lipinski definition) is 3. The van der Waals surface area contributed by atoms with Gasteiger partial charge in [-0.05, 0) is 25.3 Å². The molecule has 5 nitrogen and oxygen atoms in total. The Hall–Kier alpha value is -2.17. The van der Waals surface area contributed by atoms with Gasteiger partial charge in [0, 0.05) is 13.0 Å². The van der Waals surface area contributed by atoms with E-state index in [1.807, 2.05) is 34.6 Å². The average Bonchev–Trinajstić information content (AvgIpc) is 2.99. The Kier molecular flexibility index (Phi) is 4.74. The Morgan fingerprint density at radius 3 is 2.70 bits per heavy atom. The molecule has 1 aliphatic heterocycles. The number of aryl methyl sites for hydroxylation is 1. The highest BCUT2D eigenvalue weighted by Gasteiger charge is 2.32. The minimum Gasteiger partial charge on any atom is -0.333 e. The number of benzene rings is 1. The predicted octanol–water partition coefficient (Wildman–Crippen LogP) is 2.77. The van der Waals surface area contributed by atoms with Gasteiger partial charge in [0.2, 0.25) is 5.91 Å². The third-order valence-electron chi connectivity index (χ3n) is 4.49. The summed E-state index contributed by atoms with van der Waals surface area (Å²) in [6.07, 6.45) is 3.96. The number of aromatic nitrogens is 3. The molecule has 0 fully saturated rings. The largest absolute Gasteiger partial charge is 0.333 e. The van der Waals surface area contributed by atoms with Gasteiger partial charge in [-0.25, -0.2) is 0 Å². The van der Waals surface area contributed by atoms with Crippen molar-refractivity contribution < 1.29 is 4.79 Å². The molecule has 0 bridgehead atoms. The van der Waals surface area contributed by atoms with E-state index in [1.54, 1.807) is 0 Å². The number of unbranched alkanes of at least 4 members (excludes halogenated alkanes) is 1. The van der Waals surface area contributed by atoms with E-state index in [0.29, 0.717) is 6.54 Å². The van der Waals surface area contributed by atoms with Crippen LogP contribution in [0.25, 0.3) is 0 Å². The van der Waals surface area contributed by atoms with Gasteiger partial charge in [0.25, 0.3) is 0 Å². The number of amides is 1. The van der Waals surface area contributed by atoms with E-state index in [9.17, 15) is 4.79 Å². The Bertz CT molecular complexity index is 665. The van der Waals surface area contributed by atoms with Crippen LogP contribution in [-0.2, 0) is 24.2 Å². The summed E-state index contributed by atoms with van der Waals surface area (Å²) >= 11 is 0. The highest BCUT2D eigenvalue weighted by molar-refractivity contribution is 5.81. The molecule has 2 aromatic rings. The van der Waals surface area contributed by atoms with Crippen LogP contribution >= 0.6 is 0 Å². The number of carbonyl (C=O) groups is 1. The lowest BCUT2D eigenvalue weighted by Crippen LogP contribution is -2.43. The molecule has 0 aliphatic carbocycles. The number of fused-ring (bicyclic) bond motifs is 1. The molecule has 0 N–H and O–H groups in total. The molecule has 0 unspecified atom stereocenters. The van der Waals surface area contributed by atoms with Gasteiger partial charge in [0.15, 0.2) is 5.82 Å².